The van der Waals surface area contributed by atoms with Crippen LogP contribution in [0.25, 0.3) is 0 Å². The molecule has 0 saturated carbocycles. The number of rotatable bonds is 4. The quantitative estimate of drug-likeness (QED) is 0.634. The second-order valence-corrected chi connectivity index (χ2v) is 4.25. The highest BCUT2D eigenvalue weighted by atomic mass is 32.2. The standard InChI is InChI=1S/C5H11FN2O3S/c6-4-11-3-5-1-8(2-5)12(7,9)10/h5H,1-4H2,(H2,7,9,10). The lowest BCUT2D eigenvalue weighted by Crippen LogP contribution is -2.53. The summed E-state index contributed by atoms with van der Waals surface area (Å²) in [6.07, 6.45) is 0. The molecule has 0 amide bonds. The molecular formula is C5H11FN2O3S. The number of alkyl halides is 1. The molecule has 0 aromatic heterocycles. The van der Waals surface area contributed by atoms with E-state index in [0.717, 1.165) is 4.31 Å². The Hall–Kier alpha value is -0.240. The van der Waals surface area contributed by atoms with Gasteiger partial charge in [0.2, 0.25) is 0 Å². The molecule has 0 radical (unpaired) electrons. The van der Waals surface area contributed by atoms with Gasteiger partial charge in [-0.25, -0.2) is 9.53 Å². The van der Waals surface area contributed by atoms with E-state index in [9.17, 15) is 12.8 Å². The molecule has 0 spiro atoms. The number of ether oxygens (including phenoxy) is 1. The molecule has 0 aromatic rings. The van der Waals surface area contributed by atoms with Gasteiger partial charge in [-0.1, -0.05) is 0 Å². The molecule has 0 aliphatic carbocycles. The van der Waals surface area contributed by atoms with Crippen LogP contribution in [0.1, 0.15) is 0 Å². The third-order valence-electron chi connectivity index (χ3n) is 1.71. The van der Waals surface area contributed by atoms with Gasteiger partial charge in [0.25, 0.3) is 10.2 Å². The predicted molar refractivity (Wildman–Crippen MR) is 40.1 cm³/mol. The van der Waals surface area contributed by atoms with Crippen molar-refractivity contribution in [3.05, 3.63) is 0 Å². The van der Waals surface area contributed by atoms with Gasteiger partial charge in [-0.05, 0) is 0 Å². The van der Waals surface area contributed by atoms with Gasteiger partial charge in [0, 0.05) is 19.0 Å². The van der Waals surface area contributed by atoms with Crippen LogP contribution in [0, 0.1) is 5.92 Å². The lowest BCUT2D eigenvalue weighted by atomic mass is 10.1. The van der Waals surface area contributed by atoms with Crippen molar-refractivity contribution < 1.29 is 17.5 Å². The summed E-state index contributed by atoms with van der Waals surface area (Å²) in [4.78, 5) is 0. The van der Waals surface area contributed by atoms with Crippen LogP contribution in [0.3, 0.4) is 0 Å². The molecule has 1 saturated heterocycles. The zero-order valence-corrected chi connectivity index (χ0v) is 7.26. The van der Waals surface area contributed by atoms with Crippen LogP contribution in [-0.4, -0.2) is 39.3 Å². The summed E-state index contributed by atoms with van der Waals surface area (Å²) in [7, 11) is -3.54. The van der Waals surface area contributed by atoms with Crippen molar-refractivity contribution in [1.29, 1.82) is 0 Å². The molecule has 7 heteroatoms. The minimum Gasteiger partial charge on any atom is -0.350 e. The number of hydrogen-bond donors (Lipinski definition) is 1. The van der Waals surface area contributed by atoms with Crippen LogP contribution >= 0.6 is 0 Å². The predicted octanol–water partition coefficient (Wildman–Crippen LogP) is -0.935. The molecule has 12 heavy (non-hydrogen) atoms. The second-order valence-electron chi connectivity index (χ2n) is 2.71. The first kappa shape index (κ1) is 9.85. The summed E-state index contributed by atoms with van der Waals surface area (Å²) in [5.41, 5.74) is 0. The number of nitrogens with two attached hydrogens (primary N) is 1. The average Bonchev–Trinajstić information content (AvgIpc) is 1.81. The maximum atomic E-state index is 11.5. The summed E-state index contributed by atoms with van der Waals surface area (Å²) >= 11 is 0. The first-order chi connectivity index (χ1) is 5.54. The Balaban J connectivity index is 2.20. The minimum atomic E-state index is -3.54. The van der Waals surface area contributed by atoms with Gasteiger partial charge in [-0.3, -0.25) is 0 Å². The average molecular weight is 198 g/mol. The highest BCUT2D eigenvalue weighted by molar-refractivity contribution is 7.86. The van der Waals surface area contributed by atoms with Crippen molar-refractivity contribution in [2.24, 2.45) is 11.1 Å². The Morgan fingerprint density at radius 1 is 1.58 bits per heavy atom. The fourth-order valence-corrected chi connectivity index (χ4v) is 1.88. The summed E-state index contributed by atoms with van der Waals surface area (Å²) < 4.78 is 38.3. The van der Waals surface area contributed by atoms with Gasteiger partial charge < -0.3 is 4.74 Å². The minimum absolute atomic E-state index is 0.0825. The van der Waals surface area contributed by atoms with Crippen LogP contribution in [0.2, 0.25) is 0 Å². The van der Waals surface area contributed by atoms with Gasteiger partial charge in [-0.15, -0.1) is 0 Å². The van der Waals surface area contributed by atoms with E-state index in [4.69, 9.17) is 5.14 Å². The molecular weight excluding hydrogens is 187 g/mol. The van der Waals surface area contributed by atoms with Gasteiger partial charge in [0.1, 0.15) is 0 Å². The van der Waals surface area contributed by atoms with E-state index in [2.05, 4.69) is 4.74 Å². The van der Waals surface area contributed by atoms with E-state index >= 15 is 0 Å². The lowest BCUT2D eigenvalue weighted by Gasteiger charge is -2.36. The molecule has 1 heterocycles. The maximum absolute atomic E-state index is 11.5. The number of nitrogens with zero attached hydrogens (tertiary/aromatic N) is 1. The fraction of sp³-hybridized carbons (Fsp3) is 1.00. The van der Waals surface area contributed by atoms with Gasteiger partial charge in [0.05, 0.1) is 6.61 Å². The zero-order valence-electron chi connectivity index (χ0n) is 6.44. The van der Waals surface area contributed by atoms with Crippen molar-refractivity contribution in [1.82, 2.24) is 4.31 Å². The highest BCUT2D eigenvalue weighted by Crippen LogP contribution is 2.17. The van der Waals surface area contributed by atoms with Crippen LogP contribution in [0.5, 0.6) is 0 Å². The monoisotopic (exact) mass is 198 g/mol. The molecule has 1 fully saturated rings. The Morgan fingerprint density at radius 2 is 2.17 bits per heavy atom. The van der Waals surface area contributed by atoms with Crippen LogP contribution < -0.4 is 5.14 Å². The van der Waals surface area contributed by atoms with Gasteiger partial charge in [0.15, 0.2) is 6.86 Å². The first-order valence-electron chi connectivity index (χ1n) is 3.45. The molecule has 1 aliphatic heterocycles. The smallest absolute Gasteiger partial charge is 0.276 e. The molecule has 72 valence electrons. The van der Waals surface area contributed by atoms with Crippen LogP contribution in [-0.2, 0) is 14.9 Å². The van der Waals surface area contributed by atoms with Crippen molar-refractivity contribution >= 4 is 10.2 Å². The van der Waals surface area contributed by atoms with E-state index in [1.54, 1.807) is 0 Å². The van der Waals surface area contributed by atoms with Crippen molar-refractivity contribution in [3.63, 3.8) is 0 Å². The molecule has 0 bridgehead atoms. The SMILES string of the molecule is NS(=O)(=O)N1CC(COCF)C1. The Morgan fingerprint density at radius 3 is 2.58 bits per heavy atom. The van der Waals surface area contributed by atoms with E-state index < -0.39 is 17.1 Å². The Labute approximate surface area is 70.5 Å². The topological polar surface area (TPSA) is 72.6 Å². The third kappa shape index (κ3) is 2.37. The van der Waals surface area contributed by atoms with Crippen LogP contribution in [0.4, 0.5) is 4.39 Å². The van der Waals surface area contributed by atoms with Crippen LogP contribution in [0.15, 0.2) is 0 Å². The number of hydrogen-bond acceptors (Lipinski definition) is 3. The van der Waals surface area contributed by atoms with Crippen molar-refractivity contribution in [3.8, 4) is 0 Å². The Kier molecular flexibility index (Phi) is 2.99. The van der Waals surface area contributed by atoms with Gasteiger partial charge in [-0.2, -0.15) is 12.7 Å². The molecule has 0 aromatic carbocycles. The summed E-state index contributed by atoms with van der Waals surface area (Å²) in [6.45, 7) is 0.0893. The molecule has 2 N–H and O–H groups in total. The maximum Gasteiger partial charge on any atom is 0.276 e. The summed E-state index contributed by atoms with van der Waals surface area (Å²) in [5.74, 6) is 0.0825. The van der Waals surface area contributed by atoms with E-state index in [1.807, 2.05) is 0 Å². The highest BCUT2D eigenvalue weighted by Gasteiger charge is 2.33. The largest absolute Gasteiger partial charge is 0.350 e. The molecule has 5 nitrogen and oxygen atoms in total. The molecule has 1 aliphatic rings. The van der Waals surface area contributed by atoms with Crippen molar-refractivity contribution in [2.75, 3.05) is 26.6 Å². The van der Waals surface area contributed by atoms with E-state index in [-0.39, 0.29) is 12.5 Å². The fourth-order valence-electron chi connectivity index (χ4n) is 1.05. The molecule has 0 atom stereocenters. The van der Waals surface area contributed by atoms with E-state index in [1.165, 1.54) is 0 Å². The third-order valence-corrected chi connectivity index (χ3v) is 2.73. The lowest BCUT2D eigenvalue weighted by molar-refractivity contribution is 0.00606. The van der Waals surface area contributed by atoms with E-state index in [0.29, 0.717) is 13.1 Å². The summed E-state index contributed by atoms with van der Waals surface area (Å²) in [5, 5.41) is 4.81. The second kappa shape index (κ2) is 3.65. The normalized spacial score (nSPS) is 20.8. The first-order valence-corrected chi connectivity index (χ1v) is 4.96. The zero-order chi connectivity index (χ0) is 9.19. The molecule has 1 rings (SSSR count). The van der Waals surface area contributed by atoms with Gasteiger partial charge >= 0.3 is 0 Å². The molecule has 0 unspecified atom stereocenters. The number of halogens is 1. The van der Waals surface area contributed by atoms with Crippen molar-refractivity contribution in [2.45, 2.75) is 0 Å². The summed E-state index contributed by atoms with van der Waals surface area (Å²) in [6, 6.07) is 0. The Bertz CT molecular complexity index is 237.